The third kappa shape index (κ3) is 6.77. The molecular weight excluding hydrogens is 446 g/mol. The Morgan fingerprint density at radius 2 is 1.85 bits per heavy atom. The number of piperazine rings is 1. The predicted octanol–water partition coefficient (Wildman–Crippen LogP) is 3.87. The van der Waals surface area contributed by atoms with Gasteiger partial charge < -0.3 is 15.3 Å². The summed E-state index contributed by atoms with van der Waals surface area (Å²) in [5.74, 6) is 0.0108. The lowest BCUT2D eigenvalue weighted by Crippen LogP contribution is -2.46. The summed E-state index contributed by atoms with van der Waals surface area (Å²) < 4.78 is 2.00. The summed E-state index contributed by atoms with van der Waals surface area (Å²) >= 11 is 1.66. The molecular formula is C26H33N5O2S. The van der Waals surface area contributed by atoms with Crippen LogP contribution in [0.25, 0.3) is 0 Å². The van der Waals surface area contributed by atoms with Crippen molar-refractivity contribution in [3.8, 4) is 0 Å². The lowest BCUT2D eigenvalue weighted by Gasteiger charge is -2.36. The molecule has 0 spiro atoms. The number of anilines is 2. The summed E-state index contributed by atoms with van der Waals surface area (Å²) in [5, 5.41) is 17.2. The van der Waals surface area contributed by atoms with Gasteiger partial charge in [0.2, 0.25) is 0 Å². The van der Waals surface area contributed by atoms with Gasteiger partial charge in [-0.15, -0.1) is 0 Å². The predicted molar refractivity (Wildman–Crippen MR) is 140 cm³/mol. The van der Waals surface area contributed by atoms with Crippen LogP contribution in [0.1, 0.15) is 17.5 Å². The lowest BCUT2D eigenvalue weighted by molar-refractivity contribution is -0.137. The molecule has 1 atom stereocenters. The highest BCUT2D eigenvalue weighted by Gasteiger charge is 2.20. The number of nitrogens with one attached hydrogen (secondary N) is 1. The van der Waals surface area contributed by atoms with Crippen LogP contribution in [0.15, 0.2) is 67.0 Å². The fourth-order valence-corrected chi connectivity index (χ4v) is 4.73. The first-order chi connectivity index (χ1) is 16.6. The van der Waals surface area contributed by atoms with Crippen LogP contribution < -0.4 is 10.2 Å². The molecule has 2 N–H and O–H groups in total. The second kappa shape index (κ2) is 11.9. The van der Waals surface area contributed by atoms with Crippen LogP contribution in [-0.2, 0) is 17.9 Å². The summed E-state index contributed by atoms with van der Waals surface area (Å²) in [6, 6.07) is 17.9. The van der Waals surface area contributed by atoms with E-state index in [9.17, 15) is 9.90 Å². The standard InChI is InChI=1S/C26H33N5O2S/c1-34-15-10-25(26(32)33)28-23-8-5-9-24(16-23)30-13-11-29(12-14-30)18-22-17-27-31(20-22)19-21-6-3-2-4-7-21/h2-9,16-17,20,25,28H,10-15,18-19H2,1H3,(H,32,33). The maximum absolute atomic E-state index is 11.6. The van der Waals surface area contributed by atoms with E-state index in [1.807, 2.05) is 35.3 Å². The first kappa shape index (κ1) is 24.2. The SMILES string of the molecule is CSCCC(Nc1cccc(N2CCN(Cc3cnn(Cc4ccccc4)c3)CC2)c1)C(=O)O. The molecule has 1 unspecified atom stereocenters. The minimum absolute atomic E-state index is 0.567. The first-order valence-corrected chi connectivity index (χ1v) is 13.1. The molecule has 1 aliphatic rings. The minimum atomic E-state index is -0.805. The third-order valence-corrected chi connectivity index (χ3v) is 6.76. The average molecular weight is 480 g/mol. The maximum atomic E-state index is 11.6. The molecule has 34 heavy (non-hydrogen) atoms. The van der Waals surface area contributed by atoms with Crippen LogP contribution in [-0.4, -0.2) is 70.0 Å². The van der Waals surface area contributed by atoms with Crippen LogP contribution >= 0.6 is 11.8 Å². The van der Waals surface area contributed by atoms with Gasteiger partial charge in [0.15, 0.2) is 0 Å². The Hall–Kier alpha value is -2.97. The molecule has 1 fully saturated rings. The molecule has 180 valence electrons. The number of aliphatic carboxylic acids is 1. The van der Waals surface area contributed by atoms with Gasteiger partial charge in [0.05, 0.1) is 12.7 Å². The van der Waals surface area contributed by atoms with Gasteiger partial charge in [0.1, 0.15) is 6.04 Å². The molecule has 2 heterocycles. The highest BCUT2D eigenvalue weighted by atomic mass is 32.2. The summed E-state index contributed by atoms with van der Waals surface area (Å²) in [6.07, 6.45) is 6.71. The van der Waals surface area contributed by atoms with E-state index in [1.165, 1.54) is 11.1 Å². The van der Waals surface area contributed by atoms with Crippen molar-refractivity contribution in [1.29, 1.82) is 0 Å². The second-order valence-corrected chi connectivity index (χ2v) is 9.65. The van der Waals surface area contributed by atoms with Crippen molar-refractivity contribution < 1.29 is 9.90 Å². The highest BCUT2D eigenvalue weighted by molar-refractivity contribution is 7.98. The van der Waals surface area contributed by atoms with Crippen molar-refractivity contribution in [2.45, 2.75) is 25.6 Å². The topological polar surface area (TPSA) is 73.6 Å². The summed E-state index contributed by atoms with van der Waals surface area (Å²) in [5.41, 5.74) is 4.48. The number of carboxylic acid groups (broad SMARTS) is 1. The molecule has 7 nitrogen and oxygen atoms in total. The van der Waals surface area contributed by atoms with E-state index in [0.717, 1.165) is 56.4 Å². The molecule has 1 aliphatic heterocycles. The van der Waals surface area contributed by atoms with Crippen LogP contribution in [0.4, 0.5) is 11.4 Å². The van der Waals surface area contributed by atoms with Crippen molar-refractivity contribution in [1.82, 2.24) is 14.7 Å². The van der Waals surface area contributed by atoms with E-state index in [2.05, 4.69) is 62.8 Å². The zero-order valence-corrected chi connectivity index (χ0v) is 20.5. The second-order valence-electron chi connectivity index (χ2n) is 8.66. The smallest absolute Gasteiger partial charge is 0.326 e. The quantitative estimate of drug-likeness (QED) is 0.432. The molecule has 1 aromatic heterocycles. The van der Waals surface area contributed by atoms with E-state index in [1.54, 1.807) is 11.8 Å². The van der Waals surface area contributed by atoms with E-state index in [0.29, 0.717) is 6.42 Å². The first-order valence-electron chi connectivity index (χ1n) is 11.7. The molecule has 1 saturated heterocycles. The molecule has 8 heteroatoms. The number of carboxylic acids is 1. The Bertz CT molecular complexity index is 1050. The van der Waals surface area contributed by atoms with Gasteiger partial charge in [-0.1, -0.05) is 36.4 Å². The van der Waals surface area contributed by atoms with Gasteiger partial charge in [-0.3, -0.25) is 9.58 Å². The number of benzene rings is 2. The molecule has 0 bridgehead atoms. The van der Waals surface area contributed by atoms with Gasteiger partial charge in [-0.05, 0) is 42.2 Å². The van der Waals surface area contributed by atoms with Gasteiger partial charge in [-0.2, -0.15) is 16.9 Å². The fourth-order valence-electron chi connectivity index (χ4n) is 4.25. The molecule has 3 aromatic rings. The maximum Gasteiger partial charge on any atom is 0.326 e. The summed E-state index contributed by atoms with van der Waals surface area (Å²) in [4.78, 5) is 16.4. The van der Waals surface area contributed by atoms with Crippen LogP contribution in [0, 0.1) is 0 Å². The Balaban J connectivity index is 1.28. The Labute approximate surface area is 205 Å². The zero-order chi connectivity index (χ0) is 23.8. The third-order valence-electron chi connectivity index (χ3n) is 6.11. The summed E-state index contributed by atoms with van der Waals surface area (Å²) in [6.45, 7) is 5.53. The van der Waals surface area contributed by atoms with Crippen molar-refractivity contribution in [3.63, 3.8) is 0 Å². The highest BCUT2D eigenvalue weighted by Crippen LogP contribution is 2.22. The minimum Gasteiger partial charge on any atom is -0.480 e. The van der Waals surface area contributed by atoms with Crippen molar-refractivity contribution in [2.24, 2.45) is 0 Å². The molecule has 0 radical (unpaired) electrons. The monoisotopic (exact) mass is 479 g/mol. The van der Waals surface area contributed by atoms with Gasteiger partial charge in [0, 0.05) is 55.9 Å². The number of aromatic nitrogens is 2. The Morgan fingerprint density at radius 3 is 2.59 bits per heavy atom. The van der Waals surface area contributed by atoms with E-state index >= 15 is 0 Å². The number of carbonyl (C=O) groups is 1. The van der Waals surface area contributed by atoms with Crippen molar-refractivity contribution in [2.75, 3.05) is 48.4 Å². The van der Waals surface area contributed by atoms with Gasteiger partial charge >= 0.3 is 5.97 Å². The van der Waals surface area contributed by atoms with Crippen molar-refractivity contribution >= 4 is 29.1 Å². The van der Waals surface area contributed by atoms with Gasteiger partial charge in [-0.25, -0.2) is 4.79 Å². The Kier molecular flexibility index (Phi) is 8.49. The molecule has 0 amide bonds. The normalized spacial score (nSPS) is 15.3. The molecule has 0 saturated carbocycles. The van der Waals surface area contributed by atoms with E-state index < -0.39 is 12.0 Å². The molecule has 0 aliphatic carbocycles. The van der Waals surface area contributed by atoms with E-state index in [-0.39, 0.29) is 0 Å². The largest absolute Gasteiger partial charge is 0.480 e. The number of nitrogens with zero attached hydrogens (tertiary/aromatic N) is 4. The number of hydrogen-bond donors (Lipinski definition) is 2. The summed E-state index contributed by atoms with van der Waals surface area (Å²) in [7, 11) is 0. The van der Waals surface area contributed by atoms with Crippen molar-refractivity contribution in [3.05, 3.63) is 78.1 Å². The number of hydrogen-bond acceptors (Lipinski definition) is 6. The van der Waals surface area contributed by atoms with Crippen LogP contribution in [0.3, 0.4) is 0 Å². The molecule has 4 rings (SSSR count). The zero-order valence-electron chi connectivity index (χ0n) is 19.6. The lowest BCUT2D eigenvalue weighted by atomic mass is 10.2. The number of thioether (sulfide) groups is 1. The van der Waals surface area contributed by atoms with Gasteiger partial charge in [0.25, 0.3) is 0 Å². The number of rotatable bonds is 11. The average Bonchev–Trinajstić information content (AvgIpc) is 3.29. The van der Waals surface area contributed by atoms with Crippen LogP contribution in [0.2, 0.25) is 0 Å². The molecule has 2 aromatic carbocycles. The van der Waals surface area contributed by atoms with Crippen LogP contribution in [0.5, 0.6) is 0 Å². The van der Waals surface area contributed by atoms with E-state index in [4.69, 9.17) is 0 Å². The Morgan fingerprint density at radius 1 is 1.06 bits per heavy atom. The fraction of sp³-hybridized carbons (Fsp3) is 0.385.